The summed E-state index contributed by atoms with van der Waals surface area (Å²) in [7, 11) is 1.87. The van der Waals surface area contributed by atoms with Crippen LogP contribution in [-0.2, 0) is 47.5 Å². The number of halogens is 6. The van der Waals surface area contributed by atoms with E-state index < -0.39 is 24.3 Å². The van der Waals surface area contributed by atoms with E-state index in [2.05, 4.69) is 24.8 Å². The first-order valence-electron chi connectivity index (χ1n) is 11.6. The van der Waals surface area contributed by atoms with Gasteiger partial charge in [0.15, 0.2) is 5.82 Å². The third kappa shape index (κ3) is 10.2. The van der Waals surface area contributed by atoms with E-state index in [4.69, 9.17) is 19.8 Å². The number of rotatable bonds is 4. The molecule has 0 saturated carbocycles. The molecular weight excluding hydrogens is 544 g/mol. The van der Waals surface area contributed by atoms with Crippen molar-refractivity contribution in [3.8, 4) is 0 Å². The number of aryl methyl sites for hydroxylation is 1. The van der Waals surface area contributed by atoms with Crippen molar-refractivity contribution in [2.75, 3.05) is 19.6 Å². The van der Waals surface area contributed by atoms with E-state index in [1.807, 2.05) is 24.2 Å². The van der Waals surface area contributed by atoms with Crippen LogP contribution in [0.2, 0.25) is 0 Å². The Morgan fingerprint density at radius 2 is 1.46 bits per heavy atom. The van der Waals surface area contributed by atoms with Crippen LogP contribution in [0, 0.1) is 0 Å². The largest absolute Gasteiger partial charge is 0.490 e. The zero-order valence-electron chi connectivity index (χ0n) is 20.7. The lowest BCUT2D eigenvalue weighted by atomic mass is 10.2. The van der Waals surface area contributed by atoms with Crippen molar-refractivity contribution in [3.63, 3.8) is 0 Å². The summed E-state index contributed by atoms with van der Waals surface area (Å²) in [6, 6.07) is 1.90. The number of fused-ring (bicyclic) bond motifs is 1. The van der Waals surface area contributed by atoms with Crippen LogP contribution in [0.25, 0.3) is 0 Å². The van der Waals surface area contributed by atoms with Gasteiger partial charge >= 0.3 is 24.3 Å². The second-order valence-electron chi connectivity index (χ2n) is 8.60. The molecule has 0 unspecified atom stereocenters. The second-order valence-corrected chi connectivity index (χ2v) is 8.60. The van der Waals surface area contributed by atoms with Crippen LogP contribution in [0.4, 0.5) is 26.3 Å². The summed E-state index contributed by atoms with van der Waals surface area (Å²) in [6.07, 6.45) is -4.47. The van der Waals surface area contributed by atoms with Gasteiger partial charge in [0, 0.05) is 26.3 Å². The third-order valence-corrected chi connectivity index (χ3v) is 5.55. The maximum Gasteiger partial charge on any atom is 0.490 e. The fourth-order valence-corrected chi connectivity index (χ4v) is 3.71. The van der Waals surface area contributed by atoms with Crippen LogP contribution in [-0.4, -0.2) is 94.4 Å². The molecule has 0 spiro atoms. The molecule has 18 heteroatoms. The lowest BCUT2D eigenvalue weighted by Gasteiger charge is -2.18. The molecule has 39 heavy (non-hydrogen) atoms. The smallest absolute Gasteiger partial charge is 0.475 e. The summed E-state index contributed by atoms with van der Waals surface area (Å²) in [5.74, 6) is -3.46. The number of aliphatic carboxylic acids is 2. The monoisotopic (exact) mass is 571 g/mol. The van der Waals surface area contributed by atoms with Crippen molar-refractivity contribution < 1.29 is 50.9 Å². The van der Waals surface area contributed by atoms with Crippen molar-refractivity contribution in [1.82, 2.24) is 34.3 Å². The van der Waals surface area contributed by atoms with Gasteiger partial charge in [-0.25, -0.2) is 9.59 Å². The Morgan fingerprint density at radius 1 is 0.897 bits per heavy atom. The Hall–Kier alpha value is -3.70. The molecule has 4 heterocycles. The van der Waals surface area contributed by atoms with Gasteiger partial charge < -0.3 is 19.7 Å². The maximum absolute atomic E-state index is 12.6. The predicted octanol–water partition coefficient (Wildman–Crippen LogP) is 1.85. The number of carboxylic acids is 2. The Balaban J connectivity index is 0.000000317. The number of aromatic nitrogens is 5. The molecule has 4 rings (SSSR count). The van der Waals surface area contributed by atoms with Gasteiger partial charge in [-0.15, -0.1) is 10.2 Å². The van der Waals surface area contributed by atoms with Crippen LogP contribution in [0.15, 0.2) is 12.3 Å². The highest BCUT2D eigenvalue weighted by atomic mass is 19.4. The van der Waals surface area contributed by atoms with E-state index in [0.717, 1.165) is 56.5 Å². The second kappa shape index (κ2) is 13.4. The van der Waals surface area contributed by atoms with Crippen molar-refractivity contribution in [1.29, 1.82) is 0 Å². The minimum atomic E-state index is -5.08. The Bertz CT molecular complexity index is 1100. The molecule has 1 saturated heterocycles. The number of alkyl halides is 6. The number of amides is 1. The summed E-state index contributed by atoms with van der Waals surface area (Å²) in [5, 5.41) is 27.3. The maximum atomic E-state index is 12.6. The van der Waals surface area contributed by atoms with E-state index in [9.17, 15) is 31.1 Å². The molecule has 2 aromatic heterocycles. The standard InChI is InChI=1S/C17H25N7O.2C2HF3O2/c1-21-10-5-14(20-21)11-17(25)23-8-4-9-24-15(18-19-16(24)13-23)12-22-6-2-3-7-22;2*3-2(4,5)1(6)7/h5,10H,2-4,6-9,11-13H2,1H3;2*(H,6,7). The first-order valence-corrected chi connectivity index (χ1v) is 11.6. The molecule has 2 aliphatic rings. The summed E-state index contributed by atoms with van der Waals surface area (Å²) in [4.78, 5) is 34.8. The van der Waals surface area contributed by atoms with Gasteiger partial charge in [0.1, 0.15) is 5.82 Å². The van der Waals surface area contributed by atoms with Crippen LogP contribution in [0.3, 0.4) is 0 Å². The highest BCUT2D eigenvalue weighted by Crippen LogP contribution is 2.17. The Kier molecular flexibility index (Phi) is 10.8. The van der Waals surface area contributed by atoms with Gasteiger partial charge in [-0.3, -0.25) is 14.4 Å². The average Bonchev–Trinajstić information content (AvgIpc) is 3.53. The van der Waals surface area contributed by atoms with E-state index >= 15 is 0 Å². The van der Waals surface area contributed by atoms with Crippen molar-refractivity contribution >= 4 is 17.8 Å². The number of hydrogen-bond donors (Lipinski definition) is 2. The molecular formula is C21H27F6N7O5. The van der Waals surface area contributed by atoms with Crippen LogP contribution in [0.1, 0.15) is 36.6 Å². The van der Waals surface area contributed by atoms with Crippen LogP contribution >= 0.6 is 0 Å². The topological polar surface area (TPSA) is 147 Å². The van der Waals surface area contributed by atoms with Gasteiger partial charge in [0.2, 0.25) is 5.91 Å². The fourth-order valence-electron chi connectivity index (χ4n) is 3.71. The molecule has 2 aliphatic heterocycles. The first kappa shape index (κ1) is 31.5. The van der Waals surface area contributed by atoms with E-state index in [-0.39, 0.29) is 5.91 Å². The molecule has 0 aromatic carbocycles. The molecule has 1 fully saturated rings. The molecule has 2 aromatic rings. The lowest BCUT2D eigenvalue weighted by Crippen LogP contribution is -2.32. The minimum absolute atomic E-state index is 0.108. The highest BCUT2D eigenvalue weighted by Gasteiger charge is 2.38. The third-order valence-electron chi connectivity index (χ3n) is 5.55. The molecule has 0 aliphatic carbocycles. The normalized spacial score (nSPS) is 15.8. The van der Waals surface area contributed by atoms with Crippen molar-refractivity contribution in [2.45, 2.75) is 57.7 Å². The summed E-state index contributed by atoms with van der Waals surface area (Å²) < 4.78 is 67.4. The first-order chi connectivity index (χ1) is 18.1. The summed E-state index contributed by atoms with van der Waals surface area (Å²) in [6.45, 7) is 5.36. The molecule has 12 nitrogen and oxygen atoms in total. The van der Waals surface area contributed by atoms with E-state index in [1.54, 1.807) is 4.68 Å². The Morgan fingerprint density at radius 3 is 1.95 bits per heavy atom. The molecule has 0 bridgehead atoms. The lowest BCUT2D eigenvalue weighted by molar-refractivity contribution is -0.193. The number of likely N-dealkylation sites (tertiary alicyclic amines) is 1. The zero-order chi connectivity index (χ0) is 29.4. The van der Waals surface area contributed by atoms with Gasteiger partial charge in [-0.05, 0) is 38.4 Å². The zero-order valence-corrected chi connectivity index (χ0v) is 20.7. The number of carbonyl (C=O) groups excluding carboxylic acids is 1. The quantitative estimate of drug-likeness (QED) is 0.525. The number of carbonyl (C=O) groups is 3. The van der Waals surface area contributed by atoms with E-state index in [1.165, 1.54) is 12.8 Å². The predicted molar refractivity (Wildman–Crippen MR) is 119 cm³/mol. The summed E-state index contributed by atoms with van der Waals surface area (Å²) in [5.41, 5.74) is 0.813. The van der Waals surface area contributed by atoms with Gasteiger partial charge in [-0.2, -0.15) is 31.4 Å². The average molecular weight is 571 g/mol. The number of nitrogens with zero attached hydrogens (tertiary/aromatic N) is 7. The Labute approximate surface area is 217 Å². The van der Waals surface area contributed by atoms with Gasteiger partial charge in [-0.1, -0.05) is 0 Å². The van der Waals surface area contributed by atoms with Crippen molar-refractivity contribution in [2.24, 2.45) is 7.05 Å². The minimum Gasteiger partial charge on any atom is -0.475 e. The fraction of sp³-hybridized carbons (Fsp3) is 0.619. The molecule has 2 N–H and O–H groups in total. The van der Waals surface area contributed by atoms with Crippen LogP contribution < -0.4 is 0 Å². The van der Waals surface area contributed by atoms with Gasteiger partial charge in [0.25, 0.3) is 0 Å². The van der Waals surface area contributed by atoms with E-state index in [0.29, 0.717) is 13.0 Å². The molecule has 218 valence electrons. The van der Waals surface area contributed by atoms with Gasteiger partial charge in [0.05, 0.1) is 25.2 Å². The SMILES string of the molecule is Cn1ccc(CC(=O)N2CCCn3c(CN4CCCC4)nnc3C2)n1.O=C(O)C(F)(F)F.O=C(O)C(F)(F)F. The molecule has 0 atom stereocenters. The van der Waals surface area contributed by atoms with Crippen LogP contribution in [0.5, 0.6) is 0 Å². The number of carboxylic acid groups (broad SMARTS) is 2. The van der Waals surface area contributed by atoms with Crippen molar-refractivity contribution in [3.05, 3.63) is 29.6 Å². The summed E-state index contributed by atoms with van der Waals surface area (Å²) >= 11 is 0. The number of hydrogen-bond acceptors (Lipinski definition) is 7. The molecule has 1 amide bonds. The highest BCUT2D eigenvalue weighted by molar-refractivity contribution is 5.78. The molecule has 0 radical (unpaired) electrons.